The Kier molecular flexibility index (Phi) is 3.15. The second-order valence-electron chi connectivity index (χ2n) is 3.19. The molecule has 0 bridgehead atoms. The molecule has 1 aromatic rings. The van der Waals surface area contributed by atoms with E-state index in [-0.39, 0.29) is 13.2 Å². The van der Waals surface area contributed by atoms with Crippen LogP contribution in [-0.4, -0.2) is 32.4 Å². The van der Waals surface area contributed by atoms with E-state index in [0.717, 1.165) is 10.6 Å². The number of aliphatic imine (C=N–C) groups is 1. The lowest BCUT2D eigenvalue weighted by molar-refractivity contribution is -0.323. The molecule has 88 valence electrons. The predicted octanol–water partition coefficient (Wildman–Crippen LogP) is 2.48. The first-order valence-electron chi connectivity index (χ1n) is 4.59. The smallest absolute Gasteiger partial charge is 0.341 e. The molecule has 7 heteroatoms. The summed E-state index contributed by atoms with van der Waals surface area (Å²) < 4.78 is 39.1. The molecule has 0 atom stereocenters. The van der Waals surface area contributed by atoms with Crippen molar-refractivity contribution in [2.45, 2.75) is 6.36 Å². The summed E-state index contributed by atoms with van der Waals surface area (Å²) in [7, 11) is 0. The first kappa shape index (κ1) is 11.4. The number of fused-ring (bicyclic) bond motifs is 1. The number of nitrogens with zero attached hydrogens (tertiary/aromatic N) is 2. The van der Waals surface area contributed by atoms with Crippen LogP contribution in [0, 0.1) is 0 Å². The van der Waals surface area contributed by atoms with Crippen LogP contribution < -0.4 is 4.90 Å². The van der Waals surface area contributed by atoms with Crippen LogP contribution >= 0.6 is 11.3 Å². The summed E-state index contributed by atoms with van der Waals surface area (Å²) in [5.74, 6) is 0. The summed E-state index contributed by atoms with van der Waals surface area (Å²) >= 11 is 1.49. The lowest BCUT2D eigenvalue weighted by atomic mass is 10.3. The number of anilines is 1. The Bertz CT molecular complexity index is 388. The molecule has 2 heterocycles. The quantitative estimate of drug-likeness (QED) is 0.823. The summed E-state index contributed by atoms with van der Waals surface area (Å²) in [5, 5.41) is 2.83. The maximum absolute atomic E-state index is 11.8. The molecule has 1 aliphatic heterocycles. The normalized spacial score (nSPS) is 15.3. The topological polar surface area (TPSA) is 24.8 Å². The predicted molar refractivity (Wildman–Crippen MR) is 56.1 cm³/mol. The van der Waals surface area contributed by atoms with Gasteiger partial charge in [0.25, 0.3) is 0 Å². The Morgan fingerprint density at radius 3 is 3.06 bits per heavy atom. The third-order valence-electron chi connectivity index (χ3n) is 2.07. The van der Waals surface area contributed by atoms with E-state index in [2.05, 4.69) is 9.73 Å². The van der Waals surface area contributed by atoms with Crippen LogP contribution in [0.2, 0.25) is 0 Å². The minimum Gasteiger partial charge on any atom is -0.341 e. The Morgan fingerprint density at radius 1 is 1.50 bits per heavy atom. The van der Waals surface area contributed by atoms with Crippen molar-refractivity contribution < 1.29 is 17.9 Å². The summed E-state index contributed by atoms with van der Waals surface area (Å²) in [6.45, 7) is 0.190. The van der Waals surface area contributed by atoms with Gasteiger partial charge < -0.3 is 4.90 Å². The highest BCUT2D eigenvalue weighted by molar-refractivity contribution is 7.14. The standard InChI is InChI=1S/C9H9F3N2OS/c10-9(11,12)15-3-2-14-6-13-5-7-1-4-16-8(7)14/h1,4-5H,2-3,6H2. The zero-order chi connectivity index (χ0) is 11.6. The minimum absolute atomic E-state index is 0.185. The van der Waals surface area contributed by atoms with Crippen LogP contribution in [0.3, 0.4) is 0 Å². The Morgan fingerprint density at radius 2 is 2.31 bits per heavy atom. The van der Waals surface area contributed by atoms with Crippen LogP contribution in [0.4, 0.5) is 18.2 Å². The first-order valence-corrected chi connectivity index (χ1v) is 5.47. The van der Waals surface area contributed by atoms with Gasteiger partial charge in [-0.2, -0.15) is 0 Å². The molecule has 0 spiro atoms. The lowest BCUT2D eigenvalue weighted by Crippen LogP contribution is -2.31. The van der Waals surface area contributed by atoms with Gasteiger partial charge in [-0.15, -0.1) is 24.5 Å². The van der Waals surface area contributed by atoms with Crippen molar-refractivity contribution in [1.82, 2.24) is 0 Å². The van der Waals surface area contributed by atoms with Crippen LogP contribution in [0.5, 0.6) is 0 Å². The summed E-state index contributed by atoms with van der Waals surface area (Å²) in [6.07, 6.45) is -2.83. The number of hydrogen-bond acceptors (Lipinski definition) is 4. The van der Waals surface area contributed by atoms with Gasteiger partial charge in [0.2, 0.25) is 0 Å². The molecule has 0 radical (unpaired) electrons. The highest BCUT2D eigenvalue weighted by atomic mass is 32.1. The average molecular weight is 250 g/mol. The molecule has 1 aromatic heterocycles. The molecule has 16 heavy (non-hydrogen) atoms. The molecule has 0 unspecified atom stereocenters. The second kappa shape index (κ2) is 4.42. The number of hydrogen-bond donors (Lipinski definition) is 0. The van der Waals surface area contributed by atoms with Gasteiger partial charge in [-0.05, 0) is 11.4 Å². The molecule has 0 fully saturated rings. The van der Waals surface area contributed by atoms with Crippen LogP contribution in [0.25, 0.3) is 0 Å². The van der Waals surface area contributed by atoms with Crippen molar-refractivity contribution in [2.75, 3.05) is 24.7 Å². The molecule has 0 amide bonds. The van der Waals surface area contributed by atoms with E-state index in [9.17, 15) is 13.2 Å². The van der Waals surface area contributed by atoms with Crippen molar-refractivity contribution in [3.63, 3.8) is 0 Å². The Labute approximate surface area is 94.2 Å². The molecule has 3 nitrogen and oxygen atoms in total. The van der Waals surface area contributed by atoms with Crippen molar-refractivity contribution >= 4 is 22.6 Å². The fourth-order valence-corrected chi connectivity index (χ4v) is 2.31. The maximum atomic E-state index is 11.8. The van der Waals surface area contributed by atoms with Gasteiger partial charge in [0.15, 0.2) is 0 Å². The minimum atomic E-state index is -4.56. The average Bonchev–Trinajstić information content (AvgIpc) is 2.64. The van der Waals surface area contributed by atoms with E-state index in [0.29, 0.717) is 6.67 Å². The van der Waals surface area contributed by atoms with E-state index in [4.69, 9.17) is 0 Å². The molecule has 0 aromatic carbocycles. The lowest BCUT2D eigenvalue weighted by Gasteiger charge is -2.24. The van der Waals surface area contributed by atoms with Crippen molar-refractivity contribution in [3.05, 3.63) is 17.0 Å². The first-order chi connectivity index (χ1) is 7.56. The third-order valence-corrected chi connectivity index (χ3v) is 3.06. The van der Waals surface area contributed by atoms with Gasteiger partial charge >= 0.3 is 6.36 Å². The molecular weight excluding hydrogens is 241 g/mol. The van der Waals surface area contributed by atoms with Gasteiger partial charge in [-0.1, -0.05) is 0 Å². The van der Waals surface area contributed by atoms with Crippen LogP contribution in [0.1, 0.15) is 5.56 Å². The summed E-state index contributed by atoms with van der Waals surface area (Å²) in [4.78, 5) is 5.83. The number of alkyl halides is 3. The Balaban J connectivity index is 1.90. The largest absolute Gasteiger partial charge is 0.522 e. The zero-order valence-electron chi connectivity index (χ0n) is 8.20. The second-order valence-corrected chi connectivity index (χ2v) is 4.09. The molecule has 0 saturated heterocycles. The fraction of sp³-hybridized carbons (Fsp3) is 0.444. The fourth-order valence-electron chi connectivity index (χ4n) is 1.41. The monoisotopic (exact) mass is 250 g/mol. The maximum Gasteiger partial charge on any atom is 0.522 e. The summed E-state index contributed by atoms with van der Waals surface area (Å²) in [5.41, 5.74) is 0.947. The highest BCUT2D eigenvalue weighted by Crippen LogP contribution is 2.28. The van der Waals surface area contributed by atoms with E-state index in [1.54, 1.807) is 11.1 Å². The highest BCUT2D eigenvalue weighted by Gasteiger charge is 2.29. The van der Waals surface area contributed by atoms with Gasteiger partial charge in [-0.3, -0.25) is 9.73 Å². The molecule has 0 saturated carbocycles. The zero-order valence-corrected chi connectivity index (χ0v) is 9.01. The Hall–Kier alpha value is -1.08. The van der Waals surface area contributed by atoms with Crippen LogP contribution in [-0.2, 0) is 4.74 Å². The number of halogens is 3. The van der Waals surface area contributed by atoms with Crippen molar-refractivity contribution in [1.29, 1.82) is 0 Å². The van der Waals surface area contributed by atoms with Crippen LogP contribution in [0.15, 0.2) is 16.4 Å². The van der Waals surface area contributed by atoms with E-state index in [1.165, 1.54) is 11.3 Å². The third kappa shape index (κ3) is 2.73. The van der Waals surface area contributed by atoms with Gasteiger partial charge in [-0.25, -0.2) is 0 Å². The van der Waals surface area contributed by atoms with Crippen molar-refractivity contribution in [2.24, 2.45) is 4.99 Å². The van der Waals surface area contributed by atoms with Gasteiger partial charge in [0.05, 0.1) is 6.61 Å². The molecule has 0 aliphatic carbocycles. The number of ether oxygens (including phenoxy) is 1. The van der Waals surface area contributed by atoms with E-state index >= 15 is 0 Å². The number of thiophene rings is 1. The molecule has 1 aliphatic rings. The molecule has 2 rings (SSSR count). The van der Waals surface area contributed by atoms with E-state index in [1.807, 2.05) is 11.4 Å². The number of rotatable bonds is 3. The molecule has 0 N–H and O–H groups in total. The van der Waals surface area contributed by atoms with E-state index < -0.39 is 6.36 Å². The van der Waals surface area contributed by atoms with Gasteiger partial charge in [0.1, 0.15) is 11.7 Å². The summed E-state index contributed by atoms with van der Waals surface area (Å²) in [6, 6.07) is 1.89. The SMILES string of the molecule is FC(F)(F)OCCN1CN=Cc2ccsc21. The molecular formula is C9H9F3N2OS. The van der Waals surface area contributed by atoms with Crippen molar-refractivity contribution in [3.8, 4) is 0 Å². The van der Waals surface area contributed by atoms with Gasteiger partial charge in [0, 0.05) is 18.3 Å².